The summed E-state index contributed by atoms with van der Waals surface area (Å²) < 4.78 is 11.2. The quantitative estimate of drug-likeness (QED) is 0.756. The molecular weight excluding hydrogens is 280 g/mol. The summed E-state index contributed by atoms with van der Waals surface area (Å²) in [6.45, 7) is 6.23. The summed E-state index contributed by atoms with van der Waals surface area (Å²) in [5, 5.41) is 0. The number of esters is 1. The summed E-state index contributed by atoms with van der Waals surface area (Å²) in [7, 11) is 1.68. The predicted octanol–water partition coefficient (Wildman–Crippen LogP) is 3.06. The highest BCUT2D eigenvalue weighted by molar-refractivity contribution is 5.78. The van der Waals surface area contributed by atoms with Crippen molar-refractivity contribution in [1.82, 2.24) is 9.97 Å². The fourth-order valence-electron chi connectivity index (χ4n) is 3.52. The second-order valence-electron chi connectivity index (χ2n) is 6.49. The molecule has 1 aliphatic carbocycles. The average molecular weight is 306 g/mol. The highest BCUT2D eigenvalue weighted by Crippen LogP contribution is 2.45. The minimum atomic E-state index is -0.513. The van der Waals surface area contributed by atoms with Crippen LogP contribution in [0.1, 0.15) is 50.9 Å². The molecule has 1 atom stereocenters. The molecule has 0 spiro atoms. The van der Waals surface area contributed by atoms with Gasteiger partial charge in [0.05, 0.1) is 29.1 Å². The Bertz CT molecular complexity index is 493. The van der Waals surface area contributed by atoms with Crippen LogP contribution in [-0.2, 0) is 20.9 Å². The number of hydrogen-bond donors (Lipinski definition) is 0. The zero-order valence-corrected chi connectivity index (χ0v) is 14.0. The molecule has 1 heterocycles. The molecule has 1 aliphatic rings. The lowest BCUT2D eigenvalue weighted by atomic mass is 9.75. The van der Waals surface area contributed by atoms with Gasteiger partial charge in [0, 0.05) is 13.3 Å². The van der Waals surface area contributed by atoms with Gasteiger partial charge < -0.3 is 9.47 Å². The molecule has 0 radical (unpaired) electrons. The van der Waals surface area contributed by atoms with Gasteiger partial charge in [0.25, 0.3) is 0 Å². The highest BCUT2D eigenvalue weighted by atomic mass is 16.5. The van der Waals surface area contributed by atoms with Crippen molar-refractivity contribution in [2.24, 2.45) is 11.3 Å². The van der Waals surface area contributed by atoms with Crippen LogP contribution in [0.5, 0.6) is 0 Å². The third kappa shape index (κ3) is 3.46. The molecule has 1 aromatic rings. The number of carbonyl (C=O) groups is 1. The Hall–Kier alpha value is -1.49. The second-order valence-corrected chi connectivity index (χ2v) is 6.49. The molecule has 1 fully saturated rings. The number of methoxy groups -OCH3 is 1. The van der Waals surface area contributed by atoms with Crippen molar-refractivity contribution < 1.29 is 14.3 Å². The number of carbonyl (C=O) groups excluding carboxylic acids is 1. The maximum absolute atomic E-state index is 12.8. The zero-order valence-electron chi connectivity index (χ0n) is 14.0. The van der Waals surface area contributed by atoms with Crippen LogP contribution >= 0.6 is 0 Å². The van der Waals surface area contributed by atoms with E-state index in [-0.39, 0.29) is 24.6 Å². The number of rotatable bonds is 6. The molecule has 0 saturated heterocycles. The summed E-state index contributed by atoms with van der Waals surface area (Å²) in [6.07, 6.45) is 7.00. The zero-order chi connectivity index (χ0) is 16.2. The average Bonchev–Trinajstić information content (AvgIpc) is 2.97. The number of aryl methyl sites for hydroxylation is 1. The topological polar surface area (TPSA) is 61.3 Å². The fraction of sp³-hybridized carbons (Fsp3) is 0.706. The van der Waals surface area contributed by atoms with Crippen LogP contribution in [0.2, 0.25) is 0 Å². The molecule has 2 rings (SSSR count). The number of nitrogens with zero attached hydrogens (tertiary/aromatic N) is 2. The SMILES string of the molecule is COC(C(C)C)C1(C(=O)OCc2cnc(C)cn2)CCCC1. The van der Waals surface area contributed by atoms with Crippen LogP contribution in [0.15, 0.2) is 12.4 Å². The Morgan fingerprint density at radius 1 is 1.27 bits per heavy atom. The van der Waals surface area contributed by atoms with E-state index in [1.165, 1.54) is 0 Å². The molecule has 0 N–H and O–H groups in total. The van der Waals surface area contributed by atoms with E-state index in [9.17, 15) is 4.79 Å². The number of hydrogen-bond acceptors (Lipinski definition) is 5. The molecule has 1 aromatic heterocycles. The predicted molar refractivity (Wildman–Crippen MR) is 83.1 cm³/mol. The van der Waals surface area contributed by atoms with Crippen molar-refractivity contribution in [3.8, 4) is 0 Å². The smallest absolute Gasteiger partial charge is 0.315 e. The van der Waals surface area contributed by atoms with Gasteiger partial charge in [-0.1, -0.05) is 26.7 Å². The van der Waals surface area contributed by atoms with Gasteiger partial charge in [-0.3, -0.25) is 14.8 Å². The maximum atomic E-state index is 12.8. The lowest BCUT2D eigenvalue weighted by Gasteiger charge is -2.36. The van der Waals surface area contributed by atoms with Crippen molar-refractivity contribution in [1.29, 1.82) is 0 Å². The van der Waals surface area contributed by atoms with Crippen molar-refractivity contribution in [3.05, 3.63) is 23.8 Å². The van der Waals surface area contributed by atoms with Gasteiger partial charge in [-0.2, -0.15) is 0 Å². The Labute approximate surface area is 132 Å². The molecular formula is C17H26N2O3. The molecule has 5 nitrogen and oxygen atoms in total. The van der Waals surface area contributed by atoms with Crippen molar-refractivity contribution >= 4 is 5.97 Å². The van der Waals surface area contributed by atoms with Crippen LogP contribution in [0, 0.1) is 18.3 Å². The van der Waals surface area contributed by atoms with Gasteiger partial charge in [-0.25, -0.2) is 0 Å². The minimum Gasteiger partial charge on any atom is -0.459 e. The van der Waals surface area contributed by atoms with Gasteiger partial charge in [0.15, 0.2) is 0 Å². The van der Waals surface area contributed by atoms with Gasteiger partial charge in [0.1, 0.15) is 6.61 Å². The molecule has 0 amide bonds. The molecule has 5 heteroatoms. The van der Waals surface area contributed by atoms with E-state index in [0.29, 0.717) is 5.69 Å². The fourth-order valence-corrected chi connectivity index (χ4v) is 3.52. The first kappa shape index (κ1) is 16.9. The molecule has 0 bridgehead atoms. The van der Waals surface area contributed by atoms with Crippen LogP contribution in [0.3, 0.4) is 0 Å². The standard InChI is InChI=1S/C17H26N2O3/c1-12(2)15(21-4)17(7-5-6-8-17)16(20)22-11-14-10-18-13(3)9-19-14/h9-10,12,15H,5-8,11H2,1-4H3. The summed E-state index contributed by atoms with van der Waals surface area (Å²) >= 11 is 0. The summed E-state index contributed by atoms with van der Waals surface area (Å²) in [5.74, 6) is 0.114. The highest BCUT2D eigenvalue weighted by Gasteiger charge is 2.50. The summed E-state index contributed by atoms with van der Waals surface area (Å²) in [5.41, 5.74) is 1.01. The van der Waals surface area contributed by atoms with Crippen LogP contribution < -0.4 is 0 Å². The van der Waals surface area contributed by atoms with E-state index < -0.39 is 5.41 Å². The first-order valence-corrected chi connectivity index (χ1v) is 7.97. The third-order valence-electron chi connectivity index (χ3n) is 4.49. The van der Waals surface area contributed by atoms with E-state index in [1.807, 2.05) is 6.92 Å². The number of ether oxygens (including phenoxy) is 2. The maximum Gasteiger partial charge on any atom is 0.315 e. The normalized spacial score (nSPS) is 18.4. The van der Waals surface area contributed by atoms with Crippen LogP contribution in [-0.4, -0.2) is 29.2 Å². The van der Waals surface area contributed by atoms with Crippen molar-refractivity contribution in [3.63, 3.8) is 0 Å². The Balaban J connectivity index is 2.08. The first-order chi connectivity index (χ1) is 10.5. The molecule has 0 aliphatic heterocycles. The van der Waals surface area contributed by atoms with Gasteiger partial charge >= 0.3 is 5.97 Å². The van der Waals surface area contributed by atoms with E-state index in [4.69, 9.17) is 9.47 Å². The van der Waals surface area contributed by atoms with Gasteiger partial charge in [-0.15, -0.1) is 0 Å². The van der Waals surface area contributed by atoms with E-state index in [2.05, 4.69) is 23.8 Å². The van der Waals surface area contributed by atoms with Gasteiger partial charge in [0.2, 0.25) is 0 Å². The molecule has 22 heavy (non-hydrogen) atoms. The minimum absolute atomic E-state index is 0.105. The van der Waals surface area contributed by atoms with E-state index >= 15 is 0 Å². The molecule has 122 valence electrons. The van der Waals surface area contributed by atoms with Crippen molar-refractivity contribution in [2.75, 3.05) is 7.11 Å². The molecule has 1 saturated carbocycles. The monoisotopic (exact) mass is 306 g/mol. The Kier molecular flexibility index (Phi) is 5.51. The largest absolute Gasteiger partial charge is 0.459 e. The number of aromatic nitrogens is 2. The van der Waals surface area contributed by atoms with E-state index in [0.717, 1.165) is 31.4 Å². The third-order valence-corrected chi connectivity index (χ3v) is 4.49. The van der Waals surface area contributed by atoms with Crippen LogP contribution in [0.25, 0.3) is 0 Å². The summed E-state index contributed by atoms with van der Waals surface area (Å²) in [6, 6.07) is 0. The molecule has 1 unspecified atom stereocenters. The lowest BCUT2D eigenvalue weighted by Crippen LogP contribution is -2.45. The Morgan fingerprint density at radius 2 is 1.95 bits per heavy atom. The summed E-state index contributed by atoms with van der Waals surface area (Å²) in [4.78, 5) is 21.2. The van der Waals surface area contributed by atoms with Gasteiger partial charge in [-0.05, 0) is 25.7 Å². The van der Waals surface area contributed by atoms with E-state index in [1.54, 1.807) is 19.5 Å². The van der Waals surface area contributed by atoms with Crippen LogP contribution in [0.4, 0.5) is 0 Å². The molecule has 0 aromatic carbocycles. The lowest BCUT2D eigenvalue weighted by molar-refractivity contribution is -0.169. The second kappa shape index (κ2) is 7.18. The first-order valence-electron chi connectivity index (χ1n) is 7.97. The van der Waals surface area contributed by atoms with Crippen molar-refractivity contribution in [2.45, 2.75) is 59.2 Å². The Morgan fingerprint density at radius 3 is 2.45 bits per heavy atom.